The molecule has 0 radical (unpaired) electrons. The summed E-state index contributed by atoms with van der Waals surface area (Å²) < 4.78 is 16.3. The highest BCUT2D eigenvalue weighted by molar-refractivity contribution is 9.10. The smallest absolute Gasteiger partial charge is 0.195 e. The van der Waals surface area contributed by atoms with Crippen molar-refractivity contribution in [2.45, 2.75) is 19.9 Å². The van der Waals surface area contributed by atoms with Gasteiger partial charge in [0.15, 0.2) is 10.6 Å². The zero-order chi connectivity index (χ0) is 12.4. The van der Waals surface area contributed by atoms with Crippen LogP contribution in [0.25, 0.3) is 11.4 Å². The van der Waals surface area contributed by atoms with Crippen molar-refractivity contribution in [2.24, 2.45) is 0 Å². The van der Waals surface area contributed by atoms with Gasteiger partial charge in [0.2, 0.25) is 0 Å². The molecular formula is C11H11BrFN3S. The molecule has 0 aliphatic rings. The maximum absolute atomic E-state index is 13.5. The van der Waals surface area contributed by atoms with Crippen LogP contribution in [0.4, 0.5) is 4.39 Å². The molecule has 0 atom stereocenters. The van der Waals surface area contributed by atoms with Crippen LogP contribution in [0, 0.1) is 10.6 Å². The summed E-state index contributed by atoms with van der Waals surface area (Å²) in [4.78, 5) is 0. The van der Waals surface area contributed by atoms with Crippen LogP contribution >= 0.6 is 28.1 Å². The fraction of sp³-hybridized carbons (Fsp3) is 0.273. The number of aromatic nitrogens is 3. The number of halogens is 2. The van der Waals surface area contributed by atoms with Crippen LogP contribution in [0.5, 0.6) is 0 Å². The molecule has 1 N–H and O–H groups in total. The number of H-pyrrole nitrogens is 1. The van der Waals surface area contributed by atoms with Crippen molar-refractivity contribution in [3.63, 3.8) is 0 Å². The quantitative estimate of drug-likeness (QED) is 0.871. The molecule has 2 aromatic rings. The van der Waals surface area contributed by atoms with Crippen LogP contribution < -0.4 is 0 Å². The van der Waals surface area contributed by atoms with Crippen molar-refractivity contribution in [3.05, 3.63) is 33.3 Å². The third kappa shape index (κ3) is 2.47. The van der Waals surface area contributed by atoms with Gasteiger partial charge >= 0.3 is 0 Å². The molecule has 1 heterocycles. The molecule has 0 aliphatic carbocycles. The van der Waals surface area contributed by atoms with E-state index in [1.165, 1.54) is 6.07 Å². The van der Waals surface area contributed by atoms with E-state index in [2.05, 4.69) is 33.1 Å². The van der Waals surface area contributed by atoms with E-state index >= 15 is 0 Å². The standard InChI is InChI=1S/C11H11BrFN3S/c1-2-5-16-10(14-15-11(16)17)7-3-4-8(12)9(13)6-7/h3-4,6H,2,5H2,1H3,(H,15,17). The maximum atomic E-state index is 13.5. The van der Waals surface area contributed by atoms with Crippen LogP contribution in [0.1, 0.15) is 13.3 Å². The minimum absolute atomic E-state index is 0.306. The number of hydrogen-bond donors (Lipinski definition) is 1. The maximum Gasteiger partial charge on any atom is 0.195 e. The van der Waals surface area contributed by atoms with Crippen molar-refractivity contribution in [1.29, 1.82) is 0 Å². The number of benzene rings is 1. The third-order valence-electron chi connectivity index (χ3n) is 2.38. The van der Waals surface area contributed by atoms with Gasteiger partial charge in [-0.3, -0.25) is 5.10 Å². The molecule has 6 heteroatoms. The highest BCUT2D eigenvalue weighted by atomic mass is 79.9. The van der Waals surface area contributed by atoms with Gasteiger partial charge in [-0.1, -0.05) is 6.92 Å². The molecule has 0 spiro atoms. The van der Waals surface area contributed by atoms with Gasteiger partial charge in [0.05, 0.1) is 4.47 Å². The lowest BCUT2D eigenvalue weighted by atomic mass is 10.2. The fourth-order valence-electron chi connectivity index (χ4n) is 1.60. The Labute approximate surface area is 112 Å². The molecule has 0 saturated carbocycles. The summed E-state index contributed by atoms with van der Waals surface area (Å²) in [6, 6.07) is 4.92. The summed E-state index contributed by atoms with van der Waals surface area (Å²) in [5, 5.41) is 6.88. The van der Waals surface area contributed by atoms with Gasteiger partial charge in [-0.15, -0.1) is 0 Å². The van der Waals surface area contributed by atoms with Crippen molar-refractivity contribution in [2.75, 3.05) is 0 Å². The van der Waals surface area contributed by atoms with Crippen LogP contribution in [0.2, 0.25) is 0 Å². The van der Waals surface area contributed by atoms with Gasteiger partial charge in [0.1, 0.15) is 5.82 Å². The first kappa shape index (κ1) is 12.4. The van der Waals surface area contributed by atoms with Crippen molar-refractivity contribution in [3.8, 4) is 11.4 Å². The second-order valence-electron chi connectivity index (χ2n) is 3.63. The SMILES string of the molecule is CCCn1c(-c2ccc(Br)c(F)c2)n[nH]c1=S. The molecule has 0 amide bonds. The lowest BCUT2D eigenvalue weighted by Gasteiger charge is -2.05. The monoisotopic (exact) mass is 315 g/mol. The number of hydrogen-bond acceptors (Lipinski definition) is 2. The van der Waals surface area contributed by atoms with Crippen molar-refractivity contribution >= 4 is 28.1 Å². The lowest BCUT2D eigenvalue weighted by Crippen LogP contribution is -2.00. The van der Waals surface area contributed by atoms with Gasteiger partial charge in [-0.2, -0.15) is 5.10 Å². The number of nitrogens with zero attached hydrogens (tertiary/aromatic N) is 2. The van der Waals surface area contributed by atoms with Gasteiger partial charge < -0.3 is 4.57 Å². The zero-order valence-corrected chi connectivity index (χ0v) is 11.6. The van der Waals surface area contributed by atoms with E-state index in [1.807, 2.05) is 10.6 Å². The van der Waals surface area contributed by atoms with Gasteiger partial charge in [-0.05, 0) is 52.8 Å². The first-order valence-corrected chi connectivity index (χ1v) is 6.44. The van der Waals surface area contributed by atoms with E-state index in [-0.39, 0.29) is 5.82 Å². The predicted octanol–water partition coefficient (Wildman–Crippen LogP) is 3.92. The molecule has 0 unspecified atom stereocenters. The highest BCUT2D eigenvalue weighted by Gasteiger charge is 2.10. The van der Waals surface area contributed by atoms with E-state index in [0.29, 0.717) is 20.6 Å². The summed E-state index contributed by atoms with van der Waals surface area (Å²) in [5.41, 5.74) is 0.714. The first-order chi connectivity index (χ1) is 8.13. The molecule has 0 aliphatic heterocycles. The average molecular weight is 316 g/mol. The zero-order valence-electron chi connectivity index (χ0n) is 9.20. The second kappa shape index (κ2) is 5.10. The van der Waals surface area contributed by atoms with E-state index in [9.17, 15) is 4.39 Å². The number of aromatic amines is 1. The summed E-state index contributed by atoms with van der Waals surface area (Å²) in [5.74, 6) is 0.364. The van der Waals surface area contributed by atoms with Crippen LogP contribution in [0.3, 0.4) is 0 Å². The Morgan fingerprint density at radius 1 is 1.53 bits per heavy atom. The summed E-state index contributed by atoms with van der Waals surface area (Å²) in [6.45, 7) is 2.82. The third-order valence-corrected chi connectivity index (χ3v) is 3.34. The van der Waals surface area contributed by atoms with E-state index in [1.54, 1.807) is 6.07 Å². The van der Waals surface area contributed by atoms with Crippen LogP contribution in [0.15, 0.2) is 22.7 Å². The Bertz CT molecular complexity index is 591. The Kier molecular flexibility index (Phi) is 3.73. The molecule has 1 aromatic carbocycles. The average Bonchev–Trinajstić information content (AvgIpc) is 2.66. The van der Waals surface area contributed by atoms with Gasteiger partial charge in [0, 0.05) is 12.1 Å². The summed E-state index contributed by atoms with van der Waals surface area (Å²) in [6.07, 6.45) is 0.944. The molecule has 0 fully saturated rings. The molecule has 1 aromatic heterocycles. The first-order valence-electron chi connectivity index (χ1n) is 5.24. The minimum Gasteiger partial charge on any atom is -0.300 e. The molecule has 2 rings (SSSR count). The van der Waals surface area contributed by atoms with Crippen molar-refractivity contribution in [1.82, 2.24) is 14.8 Å². The highest BCUT2D eigenvalue weighted by Crippen LogP contribution is 2.23. The molecule has 90 valence electrons. The lowest BCUT2D eigenvalue weighted by molar-refractivity contribution is 0.620. The van der Waals surface area contributed by atoms with E-state index < -0.39 is 0 Å². The fourth-order valence-corrected chi connectivity index (χ4v) is 2.07. The van der Waals surface area contributed by atoms with Crippen LogP contribution in [-0.2, 0) is 6.54 Å². The Morgan fingerprint density at radius 2 is 2.29 bits per heavy atom. The topological polar surface area (TPSA) is 33.6 Å². The molecule has 0 bridgehead atoms. The number of nitrogens with one attached hydrogen (secondary N) is 1. The molecule has 17 heavy (non-hydrogen) atoms. The number of rotatable bonds is 3. The molecular weight excluding hydrogens is 305 g/mol. The summed E-state index contributed by atoms with van der Waals surface area (Å²) >= 11 is 8.26. The largest absolute Gasteiger partial charge is 0.300 e. The minimum atomic E-state index is -0.306. The van der Waals surface area contributed by atoms with Crippen LogP contribution in [-0.4, -0.2) is 14.8 Å². The summed E-state index contributed by atoms with van der Waals surface area (Å²) in [7, 11) is 0. The molecule has 0 saturated heterocycles. The Hall–Kier alpha value is -1.01. The van der Waals surface area contributed by atoms with Gasteiger partial charge in [-0.25, -0.2) is 4.39 Å². The van der Waals surface area contributed by atoms with Crippen molar-refractivity contribution < 1.29 is 4.39 Å². The van der Waals surface area contributed by atoms with Gasteiger partial charge in [0.25, 0.3) is 0 Å². The Morgan fingerprint density at radius 3 is 2.94 bits per heavy atom. The normalized spacial score (nSPS) is 10.8. The van der Waals surface area contributed by atoms with E-state index in [0.717, 1.165) is 13.0 Å². The Balaban J connectivity index is 2.52. The predicted molar refractivity (Wildman–Crippen MR) is 70.8 cm³/mol. The molecule has 3 nitrogen and oxygen atoms in total. The second-order valence-corrected chi connectivity index (χ2v) is 4.87. The van der Waals surface area contributed by atoms with E-state index in [4.69, 9.17) is 12.2 Å².